The van der Waals surface area contributed by atoms with E-state index in [1.165, 1.54) is 16.7 Å². The molecule has 1 aliphatic carbocycles. The van der Waals surface area contributed by atoms with Crippen molar-refractivity contribution in [3.05, 3.63) is 47.1 Å². The first-order chi connectivity index (χ1) is 9.90. The number of hydrogen-bond acceptors (Lipinski definition) is 1. The Labute approximate surface area is 131 Å². The van der Waals surface area contributed by atoms with E-state index in [1.807, 2.05) is 6.92 Å². The zero-order chi connectivity index (χ0) is 15.8. The van der Waals surface area contributed by atoms with Gasteiger partial charge in [0, 0.05) is 5.92 Å². The standard InChI is InChI=1S/C20H32O/c1-15(2)19-13-12-17(4)10-6-8-16(3)9-7-11-18(5)14-20(19)21/h8,11-12,19-21H,1,6-7,9-10,13-14H2,2-5H3/b16-8-,17-12+,18-11+/t19-,20?/m1/s1. The van der Waals surface area contributed by atoms with Crippen molar-refractivity contribution >= 4 is 0 Å². The first-order valence-electron chi connectivity index (χ1n) is 8.20. The second-order valence-corrected chi connectivity index (χ2v) is 6.69. The largest absolute Gasteiger partial charge is 0.392 e. The first-order valence-corrected chi connectivity index (χ1v) is 8.20. The molecule has 0 fully saturated rings. The van der Waals surface area contributed by atoms with Crippen molar-refractivity contribution in [1.29, 1.82) is 0 Å². The highest BCUT2D eigenvalue weighted by Gasteiger charge is 2.19. The number of aliphatic hydroxyl groups excluding tert-OH is 1. The summed E-state index contributed by atoms with van der Waals surface area (Å²) in [5, 5.41) is 10.5. The van der Waals surface area contributed by atoms with Gasteiger partial charge in [-0.1, -0.05) is 47.1 Å². The lowest BCUT2D eigenvalue weighted by Gasteiger charge is -2.23. The van der Waals surface area contributed by atoms with Gasteiger partial charge in [-0.2, -0.15) is 0 Å². The Bertz CT molecular complexity index is 437. The lowest BCUT2D eigenvalue weighted by molar-refractivity contribution is 0.126. The Morgan fingerprint density at radius 2 is 1.52 bits per heavy atom. The van der Waals surface area contributed by atoms with Gasteiger partial charge in [0.2, 0.25) is 0 Å². The quantitative estimate of drug-likeness (QED) is 0.611. The zero-order valence-electron chi connectivity index (χ0n) is 14.3. The summed E-state index contributed by atoms with van der Waals surface area (Å²) < 4.78 is 0. The van der Waals surface area contributed by atoms with Gasteiger partial charge in [-0.05, 0) is 66.2 Å². The van der Waals surface area contributed by atoms with E-state index in [0.29, 0.717) is 0 Å². The lowest BCUT2D eigenvalue weighted by Crippen LogP contribution is -2.21. The molecule has 0 radical (unpaired) electrons. The van der Waals surface area contributed by atoms with E-state index in [0.717, 1.165) is 44.1 Å². The molecule has 0 aromatic carbocycles. The molecule has 2 atom stereocenters. The van der Waals surface area contributed by atoms with Crippen LogP contribution in [0.5, 0.6) is 0 Å². The van der Waals surface area contributed by atoms with E-state index in [1.54, 1.807) is 0 Å². The predicted molar refractivity (Wildman–Crippen MR) is 93.3 cm³/mol. The molecular weight excluding hydrogens is 256 g/mol. The Hall–Kier alpha value is -1.08. The third-order valence-corrected chi connectivity index (χ3v) is 4.41. The summed E-state index contributed by atoms with van der Waals surface area (Å²) in [5.74, 6) is 0.170. The monoisotopic (exact) mass is 288 g/mol. The number of rotatable bonds is 1. The summed E-state index contributed by atoms with van der Waals surface area (Å²) in [4.78, 5) is 0. The minimum absolute atomic E-state index is 0.170. The van der Waals surface area contributed by atoms with E-state index in [4.69, 9.17) is 0 Å². The summed E-state index contributed by atoms with van der Waals surface area (Å²) in [6.45, 7) is 12.7. The summed E-state index contributed by atoms with van der Waals surface area (Å²) in [7, 11) is 0. The van der Waals surface area contributed by atoms with Crippen molar-refractivity contribution in [2.45, 2.75) is 72.3 Å². The van der Waals surface area contributed by atoms with Crippen molar-refractivity contribution in [2.75, 3.05) is 0 Å². The highest BCUT2D eigenvalue weighted by molar-refractivity contribution is 5.12. The topological polar surface area (TPSA) is 20.2 Å². The van der Waals surface area contributed by atoms with Crippen molar-refractivity contribution in [1.82, 2.24) is 0 Å². The molecule has 21 heavy (non-hydrogen) atoms. The number of allylic oxidation sites excluding steroid dienone is 5. The Morgan fingerprint density at radius 1 is 1.00 bits per heavy atom. The summed E-state index contributed by atoms with van der Waals surface area (Å²) >= 11 is 0. The van der Waals surface area contributed by atoms with Gasteiger partial charge < -0.3 is 5.11 Å². The van der Waals surface area contributed by atoms with E-state index >= 15 is 0 Å². The van der Waals surface area contributed by atoms with Crippen LogP contribution in [-0.2, 0) is 0 Å². The van der Waals surface area contributed by atoms with E-state index in [2.05, 4.69) is 45.6 Å². The fourth-order valence-corrected chi connectivity index (χ4v) is 2.87. The predicted octanol–water partition coefficient (Wildman–Crippen LogP) is 5.73. The van der Waals surface area contributed by atoms with E-state index in [-0.39, 0.29) is 12.0 Å². The van der Waals surface area contributed by atoms with Crippen molar-refractivity contribution in [2.24, 2.45) is 5.92 Å². The maximum Gasteiger partial charge on any atom is 0.0645 e. The van der Waals surface area contributed by atoms with Crippen LogP contribution < -0.4 is 0 Å². The van der Waals surface area contributed by atoms with Gasteiger partial charge in [-0.3, -0.25) is 0 Å². The van der Waals surface area contributed by atoms with Crippen LogP contribution in [0.3, 0.4) is 0 Å². The minimum atomic E-state index is -0.317. The minimum Gasteiger partial charge on any atom is -0.392 e. The summed E-state index contributed by atoms with van der Waals surface area (Å²) in [6, 6.07) is 0. The molecular formula is C20H32O. The highest BCUT2D eigenvalue weighted by atomic mass is 16.3. The molecule has 0 aromatic heterocycles. The second kappa shape index (κ2) is 9.04. The summed E-state index contributed by atoms with van der Waals surface area (Å²) in [6.07, 6.45) is 12.7. The lowest BCUT2D eigenvalue weighted by atomic mass is 9.87. The fourth-order valence-electron chi connectivity index (χ4n) is 2.87. The maximum absolute atomic E-state index is 10.5. The molecule has 1 unspecified atom stereocenters. The smallest absolute Gasteiger partial charge is 0.0645 e. The van der Waals surface area contributed by atoms with E-state index < -0.39 is 0 Å². The molecule has 0 saturated heterocycles. The van der Waals surface area contributed by atoms with Crippen LogP contribution in [0.2, 0.25) is 0 Å². The molecule has 1 heteroatoms. The first kappa shape index (κ1) is 18.0. The van der Waals surface area contributed by atoms with Crippen molar-refractivity contribution < 1.29 is 5.11 Å². The molecule has 118 valence electrons. The van der Waals surface area contributed by atoms with Gasteiger partial charge in [0.15, 0.2) is 0 Å². The van der Waals surface area contributed by atoms with Gasteiger partial charge in [-0.15, -0.1) is 0 Å². The third kappa shape index (κ3) is 6.95. The number of hydrogen-bond donors (Lipinski definition) is 1. The van der Waals surface area contributed by atoms with Gasteiger partial charge >= 0.3 is 0 Å². The molecule has 1 aliphatic rings. The molecule has 0 heterocycles. The van der Waals surface area contributed by atoms with Crippen molar-refractivity contribution in [3.63, 3.8) is 0 Å². The van der Waals surface area contributed by atoms with Crippen LogP contribution in [0.25, 0.3) is 0 Å². The molecule has 0 bridgehead atoms. The normalized spacial score (nSPS) is 33.7. The Kier molecular flexibility index (Phi) is 7.74. The third-order valence-electron chi connectivity index (χ3n) is 4.41. The molecule has 1 nitrogen and oxygen atoms in total. The molecule has 0 aromatic rings. The van der Waals surface area contributed by atoms with Gasteiger partial charge in [0.05, 0.1) is 6.10 Å². The number of aliphatic hydroxyl groups is 1. The van der Waals surface area contributed by atoms with Crippen LogP contribution in [0.15, 0.2) is 47.1 Å². The molecule has 0 amide bonds. The van der Waals surface area contributed by atoms with Gasteiger partial charge in [0.25, 0.3) is 0 Å². The molecule has 1 rings (SSSR count). The van der Waals surface area contributed by atoms with Gasteiger partial charge in [0.1, 0.15) is 0 Å². The van der Waals surface area contributed by atoms with Crippen LogP contribution >= 0.6 is 0 Å². The maximum atomic E-state index is 10.5. The molecule has 0 saturated carbocycles. The average Bonchev–Trinajstić information content (AvgIpc) is 2.37. The average molecular weight is 288 g/mol. The van der Waals surface area contributed by atoms with Crippen LogP contribution in [-0.4, -0.2) is 11.2 Å². The molecule has 0 aliphatic heterocycles. The summed E-state index contributed by atoms with van der Waals surface area (Å²) in [5.41, 5.74) is 5.27. The van der Waals surface area contributed by atoms with Crippen LogP contribution in [0.4, 0.5) is 0 Å². The Balaban J connectivity index is 2.90. The molecule has 1 N–H and O–H groups in total. The Morgan fingerprint density at radius 3 is 2.10 bits per heavy atom. The molecule has 0 spiro atoms. The SMILES string of the molecule is C=C(C)[C@H]1C/C=C(\C)CC/C=C(/C)CC/C=C(\C)CC1O. The van der Waals surface area contributed by atoms with Crippen LogP contribution in [0.1, 0.15) is 66.2 Å². The zero-order valence-corrected chi connectivity index (χ0v) is 14.3. The van der Waals surface area contributed by atoms with Crippen molar-refractivity contribution in [3.8, 4) is 0 Å². The van der Waals surface area contributed by atoms with Crippen LogP contribution in [0, 0.1) is 5.92 Å². The van der Waals surface area contributed by atoms with E-state index in [9.17, 15) is 5.11 Å². The highest BCUT2D eigenvalue weighted by Crippen LogP contribution is 2.25. The van der Waals surface area contributed by atoms with Gasteiger partial charge in [-0.25, -0.2) is 0 Å². The fraction of sp³-hybridized carbons (Fsp3) is 0.600. The second-order valence-electron chi connectivity index (χ2n) is 6.69.